The molecule has 1 aliphatic heterocycles. The standard InChI is InChI=1S/C45H45N3/c1-7-19-37(20-8-1)31-43-46(34-40-25-13-4-14-26-40)44(32-38-21-9-2-10-22-38)48(36-42-29-17-6-18-30-42)45(33-39-23-11-3-12-24-39)47(43)35-41-27-15-5-16-28-41/h1-30,43-45H,31-36H2. The molecule has 1 aliphatic rings. The number of rotatable bonds is 12. The molecule has 7 rings (SSSR count). The lowest BCUT2D eigenvalue weighted by Gasteiger charge is -2.58. The van der Waals surface area contributed by atoms with Crippen LogP contribution in [0.3, 0.4) is 0 Å². The van der Waals surface area contributed by atoms with Crippen molar-refractivity contribution in [1.29, 1.82) is 0 Å². The summed E-state index contributed by atoms with van der Waals surface area (Å²) in [6.45, 7) is 2.60. The quantitative estimate of drug-likeness (QED) is 0.134. The smallest absolute Gasteiger partial charge is 0.0696 e. The van der Waals surface area contributed by atoms with Crippen LogP contribution in [0.2, 0.25) is 0 Å². The summed E-state index contributed by atoms with van der Waals surface area (Å²) in [4.78, 5) is 8.42. The van der Waals surface area contributed by atoms with Crippen molar-refractivity contribution in [2.75, 3.05) is 0 Å². The molecule has 0 unspecified atom stereocenters. The van der Waals surface area contributed by atoms with Gasteiger partial charge in [0, 0.05) is 38.9 Å². The molecule has 1 heterocycles. The zero-order valence-corrected chi connectivity index (χ0v) is 27.6. The zero-order chi connectivity index (χ0) is 32.4. The topological polar surface area (TPSA) is 9.72 Å². The number of hydrogen-bond donors (Lipinski definition) is 0. The van der Waals surface area contributed by atoms with Crippen LogP contribution in [0.25, 0.3) is 0 Å². The summed E-state index contributed by atoms with van der Waals surface area (Å²) in [5, 5.41) is 0. The molecule has 0 aromatic heterocycles. The molecule has 0 atom stereocenters. The van der Waals surface area contributed by atoms with Crippen LogP contribution in [-0.4, -0.2) is 33.2 Å². The highest BCUT2D eigenvalue weighted by atomic mass is 15.6. The Morgan fingerprint density at radius 3 is 0.646 bits per heavy atom. The van der Waals surface area contributed by atoms with Crippen LogP contribution < -0.4 is 0 Å². The third-order valence-electron chi connectivity index (χ3n) is 9.70. The van der Waals surface area contributed by atoms with Gasteiger partial charge in [0.2, 0.25) is 0 Å². The summed E-state index contributed by atoms with van der Waals surface area (Å²) in [7, 11) is 0. The van der Waals surface area contributed by atoms with E-state index in [0.717, 1.165) is 38.9 Å². The Labute approximate surface area is 286 Å². The summed E-state index contributed by atoms with van der Waals surface area (Å²) < 4.78 is 0. The average molecular weight is 628 g/mol. The van der Waals surface area contributed by atoms with Gasteiger partial charge in [-0.05, 0) is 33.4 Å². The van der Waals surface area contributed by atoms with Crippen molar-refractivity contribution in [3.8, 4) is 0 Å². The van der Waals surface area contributed by atoms with E-state index in [1.54, 1.807) is 0 Å². The third kappa shape index (κ3) is 8.00. The largest absolute Gasteiger partial charge is 0.267 e. The first-order chi connectivity index (χ1) is 23.8. The van der Waals surface area contributed by atoms with Crippen molar-refractivity contribution < 1.29 is 0 Å². The third-order valence-corrected chi connectivity index (χ3v) is 9.70. The highest BCUT2D eigenvalue weighted by molar-refractivity contribution is 5.24. The first-order valence-corrected chi connectivity index (χ1v) is 17.3. The molecule has 3 nitrogen and oxygen atoms in total. The van der Waals surface area contributed by atoms with Gasteiger partial charge < -0.3 is 0 Å². The molecule has 6 aromatic carbocycles. The monoisotopic (exact) mass is 627 g/mol. The van der Waals surface area contributed by atoms with E-state index < -0.39 is 0 Å². The van der Waals surface area contributed by atoms with Crippen LogP contribution in [0.5, 0.6) is 0 Å². The zero-order valence-electron chi connectivity index (χ0n) is 27.6. The fourth-order valence-electron chi connectivity index (χ4n) is 7.36. The van der Waals surface area contributed by atoms with Crippen molar-refractivity contribution in [1.82, 2.24) is 14.7 Å². The Hall–Kier alpha value is -4.80. The number of hydrogen-bond acceptors (Lipinski definition) is 3. The summed E-state index contributed by atoms with van der Waals surface area (Å²) in [5.74, 6) is 0. The van der Waals surface area contributed by atoms with Crippen LogP contribution in [0, 0.1) is 0 Å². The molecule has 3 heteroatoms. The highest BCUT2D eigenvalue weighted by Crippen LogP contribution is 2.36. The van der Waals surface area contributed by atoms with Crippen LogP contribution in [-0.2, 0) is 38.9 Å². The Kier molecular flexibility index (Phi) is 10.5. The van der Waals surface area contributed by atoms with Crippen molar-refractivity contribution in [2.45, 2.75) is 57.4 Å². The molecule has 0 saturated carbocycles. The molecule has 6 aromatic rings. The molecule has 0 bridgehead atoms. The molecule has 0 radical (unpaired) electrons. The first kappa shape index (κ1) is 31.8. The van der Waals surface area contributed by atoms with Crippen LogP contribution in [0.15, 0.2) is 182 Å². The molecular weight excluding hydrogens is 583 g/mol. The molecular formula is C45H45N3. The van der Waals surface area contributed by atoms with Gasteiger partial charge in [0.1, 0.15) is 0 Å². The van der Waals surface area contributed by atoms with Crippen LogP contribution in [0.1, 0.15) is 33.4 Å². The van der Waals surface area contributed by atoms with E-state index in [2.05, 4.69) is 197 Å². The van der Waals surface area contributed by atoms with Crippen molar-refractivity contribution in [3.63, 3.8) is 0 Å². The fraction of sp³-hybridized carbons (Fsp3) is 0.200. The van der Waals surface area contributed by atoms with E-state index in [1.165, 1.54) is 33.4 Å². The molecule has 48 heavy (non-hydrogen) atoms. The first-order valence-electron chi connectivity index (χ1n) is 17.3. The van der Waals surface area contributed by atoms with E-state index in [4.69, 9.17) is 0 Å². The molecule has 1 saturated heterocycles. The van der Waals surface area contributed by atoms with E-state index >= 15 is 0 Å². The molecule has 0 amide bonds. The van der Waals surface area contributed by atoms with E-state index in [-0.39, 0.29) is 18.5 Å². The highest BCUT2D eigenvalue weighted by Gasteiger charge is 2.46. The van der Waals surface area contributed by atoms with Crippen molar-refractivity contribution in [2.24, 2.45) is 0 Å². The SMILES string of the molecule is c1ccc(CC2N(Cc3ccccc3)C(Cc3ccccc3)N(Cc3ccccc3)C(Cc3ccccc3)N2Cc2ccccc2)cc1. The molecule has 240 valence electrons. The number of benzene rings is 6. The molecule has 0 spiro atoms. The average Bonchev–Trinajstić information content (AvgIpc) is 3.15. The molecule has 0 N–H and O–H groups in total. The van der Waals surface area contributed by atoms with E-state index in [0.29, 0.717) is 0 Å². The lowest BCUT2D eigenvalue weighted by atomic mass is 9.96. The van der Waals surface area contributed by atoms with Crippen LogP contribution >= 0.6 is 0 Å². The second-order valence-corrected chi connectivity index (χ2v) is 13.0. The fourth-order valence-corrected chi connectivity index (χ4v) is 7.36. The van der Waals surface area contributed by atoms with Gasteiger partial charge in [-0.15, -0.1) is 0 Å². The van der Waals surface area contributed by atoms with Gasteiger partial charge in [-0.3, -0.25) is 14.7 Å². The summed E-state index contributed by atoms with van der Waals surface area (Å²) >= 11 is 0. The second kappa shape index (κ2) is 15.9. The Balaban J connectivity index is 1.41. The number of nitrogens with zero attached hydrogens (tertiary/aromatic N) is 3. The van der Waals surface area contributed by atoms with Crippen molar-refractivity contribution >= 4 is 0 Å². The van der Waals surface area contributed by atoms with Gasteiger partial charge in [-0.25, -0.2) is 0 Å². The van der Waals surface area contributed by atoms with Gasteiger partial charge in [-0.1, -0.05) is 182 Å². The van der Waals surface area contributed by atoms with Gasteiger partial charge in [0.25, 0.3) is 0 Å². The minimum atomic E-state index is 0.169. The Morgan fingerprint density at radius 2 is 0.438 bits per heavy atom. The minimum Gasteiger partial charge on any atom is -0.267 e. The maximum Gasteiger partial charge on any atom is 0.0696 e. The lowest BCUT2D eigenvalue weighted by Crippen LogP contribution is -2.71. The maximum absolute atomic E-state index is 2.81. The van der Waals surface area contributed by atoms with Gasteiger partial charge in [0.05, 0.1) is 18.5 Å². The summed E-state index contributed by atoms with van der Waals surface area (Å²) in [6.07, 6.45) is 3.33. The second-order valence-electron chi connectivity index (χ2n) is 13.0. The summed E-state index contributed by atoms with van der Waals surface area (Å²) in [6, 6.07) is 66.5. The van der Waals surface area contributed by atoms with E-state index in [9.17, 15) is 0 Å². The van der Waals surface area contributed by atoms with E-state index in [1.807, 2.05) is 0 Å². The van der Waals surface area contributed by atoms with Crippen LogP contribution in [0.4, 0.5) is 0 Å². The molecule has 0 aliphatic carbocycles. The maximum atomic E-state index is 2.81. The normalized spacial score (nSPS) is 18.9. The molecule has 1 fully saturated rings. The predicted octanol–water partition coefficient (Wildman–Crippen LogP) is 9.21. The van der Waals surface area contributed by atoms with Gasteiger partial charge in [-0.2, -0.15) is 0 Å². The van der Waals surface area contributed by atoms with Gasteiger partial charge >= 0.3 is 0 Å². The summed E-state index contributed by atoms with van der Waals surface area (Å²) in [5.41, 5.74) is 8.13. The Morgan fingerprint density at radius 1 is 0.250 bits per heavy atom. The lowest BCUT2D eigenvalue weighted by molar-refractivity contribution is -0.185. The minimum absolute atomic E-state index is 0.169. The predicted molar refractivity (Wildman–Crippen MR) is 198 cm³/mol. The van der Waals surface area contributed by atoms with Crippen molar-refractivity contribution in [3.05, 3.63) is 215 Å². The Bertz CT molecular complexity index is 1420. The van der Waals surface area contributed by atoms with Gasteiger partial charge in [0.15, 0.2) is 0 Å².